The van der Waals surface area contributed by atoms with Gasteiger partial charge in [-0.05, 0) is 72.7 Å². The lowest BCUT2D eigenvalue weighted by Crippen LogP contribution is -2.42. The Labute approximate surface area is 241 Å². The predicted molar refractivity (Wildman–Crippen MR) is 155 cm³/mol. The molecule has 3 aromatic carbocycles. The Morgan fingerprint density at radius 3 is 2.25 bits per heavy atom. The Hall–Kier alpha value is -3.14. The second-order valence-corrected chi connectivity index (χ2v) is 13.8. The van der Waals surface area contributed by atoms with Crippen LogP contribution in [0.4, 0.5) is 0 Å². The Morgan fingerprint density at radius 1 is 1.07 bits per heavy atom. The predicted octanol–water partition coefficient (Wildman–Crippen LogP) is 5.14. The van der Waals surface area contributed by atoms with Gasteiger partial charge in [0.1, 0.15) is 11.8 Å². The van der Waals surface area contributed by atoms with Crippen LogP contribution in [0.15, 0.2) is 71.4 Å². The summed E-state index contributed by atoms with van der Waals surface area (Å²) in [7, 11) is -6.96. The zero-order chi connectivity index (χ0) is 29.7. The van der Waals surface area contributed by atoms with E-state index in [0.29, 0.717) is 16.4 Å². The maximum absolute atomic E-state index is 13.4. The van der Waals surface area contributed by atoms with E-state index < -0.39 is 35.1 Å². The molecule has 0 saturated heterocycles. The average Bonchev–Trinajstić information content (AvgIpc) is 2.87. The molecule has 1 unspecified atom stereocenters. The zero-order valence-electron chi connectivity index (χ0n) is 21.4. The summed E-state index contributed by atoms with van der Waals surface area (Å²) in [6, 6.07) is 12.9. The summed E-state index contributed by atoms with van der Waals surface area (Å²) >= 11 is 12.7. The fraction of sp³-hybridized carbons (Fsp3) is 0.185. The van der Waals surface area contributed by atoms with E-state index in [9.17, 15) is 32.8 Å². The number of carboxylic acid groups (broad SMARTS) is 1. The minimum Gasteiger partial charge on any atom is -0.508 e. The van der Waals surface area contributed by atoms with Crippen molar-refractivity contribution in [3.63, 3.8) is 0 Å². The molecule has 0 radical (unpaired) electrons. The molecule has 3 aromatic rings. The van der Waals surface area contributed by atoms with Gasteiger partial charge in [0.05, 0.1) is 27.1 Å². The number of hydrogen-bond acceptors (Lipinski definition) is 7. The number of aromatic hydroxyl groups is 1. The fourth-order valence-electron chi connectivity index (χ4n) is 3.72. The van der Waals surface area contributed by atoms with Crippen molar-refractivity contribution in [2.75, 3.05) is 12.9 Å². The van der Waals surface area contributed by atoms with Gasteiger partial charge in [-0.3, -0.25) is 9.36 Å². The Balaban J connectivity index is 1.84. The molecule has 212 valence electrons. The summed E-state index contributed by atoms with van der Waals surface area (Å²) in [5, 5.41) is 21.8. The number of carbonyl (C=O) groups is 2. The van der Waals surface area contributed by atoms with Crippen molar-refractivity contribution in [2.24, 2.45) is 0 Å². The van der Waals surface area contributed by atoms with Crippen LogP contribution >= 0.6 is 30.6 Å². The van der Waals surface area contributed by atoms with Gasteiger partial charge in [-0.15, -0.1) is 0 Å². The van der Waals surface area contributed by atoms with Gasteiger partial charge in [-0.1, -0.05) is 35.3 Å². The van der Waals surface area contributed by atoms with Crippen molar-refractivity contribution in [3.8, 4) is 5.75 Å². The second kappa shape index (κ2) is 13.0. The van der Waals surface area contributed by atoms with Gasteiger partial charge in [0.2, 0.25) is 0 Å². The molecule has 0 fully saturated rings. The van der Waals surface area contributed by atoms with Crippen LogP contribution in [-0.2, 0) is 30.1 Å². The highest BCUT2D eigenvalue weighted by atomic mass is 35.5. The molecule has 13 heteroatoms. The number of benzene rings is 3. The van der Waals surface area contributed by atoms with Gasteiger partial charge in [0.15, 0.2) is 9.84 Å². The van der Waals surface area contributed by atoms with E-state index in [1.807, 2.05) is 0 Å². The van der Waals surface area contributed by atoms with Crippen LogP contribution in [0.2, 0.25) is 10.0 Å². The van der Waals surface area contributed by atoms with E-state index in [-0.39, 0.29) is 39.3 Å². The van der Waals surface area contributed by atoms with Crippen molar-refractivity contribution in [1.82, 2.24) is 5.32 Å². The van der Waals surface area contributed by atoms with Crippen LogP contribution in [0.5, 0.6) is 5.75 Å². The quantitative estimate of drug-likeness (QED) is 0.248. The number of hydrogen-bond donors (Lipinski definition) is 3. The number of nitrogens with one attached hydrogen (secondary N) is 1. The molecule has 0 aliphatic heterocycles. The molecule has 1 amide bonds. The molecule has 0 heterocycles. The number of phenols is 1. The molecule has 0 saturated carbocycles. The summed E-state index contributed by atoms with van der Waals surface area (Å²) in [5.74, 6) is -0.821. The molecule has 40 heavy (non-hydrogen) atoms. The van der Waals surface area contributed by atoms with Crippen molar-refractivity contribution >= 4 is 63.7 Å². The Kier molecular flexibility index (Phi) is 10.2. The maximum Gasteiger partial charge on any atom is 0.326 e. The van der Waals surface area contributed by atoms with E-state index >= 15 is 0 Å². The van der Waals surface area contributed by atoms with Gasteiger partial charge in [0.25, 0.3) is 13.3 Å². The van der Waals surface area contributed by atoms with Gasteiger partial charge in [-0.25, -0.2) is 13.2 Å². The number of halogens is 2. The molecule has 3 N–H and O–H groups in total. The Morgan fingerprint density at radius 2 is 1.70 bits per heavy atom. The first kappa shape index (κ1) is 31.4. The van der Waals surface area contributed by atoms with E-state index in [1.54, 1.807) is 13.0 Å². The SMILES string of the molecule is CCOP(=O)(/C=C/c1cc(Cl)c(C(=O)N[C@@H](Cc2cccc(S(C)(=O)=O)c2)C(=O)O)c(Cl)c1)c1ccc(O)cc1. The van der Waals surface area contributed by atoms with Crippen molar-refractivity contribution in [1.29, 1.82) is 0 Å². The van der Waals surface area contributed by atoms with Crippen LogP contribution in [0.1, 0.15) is 28.4 Å². The maximum atomic E-state index is 13.4. The minimum atomic E-state index is -3.51. The number of aliphatic carboxylic acids is 1. The third-order valence-corrected chi connectivity index (χ3v) is 9.56. The summed E-state index contributed by atoms with van der Waals surface area (Å²) < 4.78 is 42.6. The van der Waals surface area contributed by atoms with Gasteiger partial charge in [0, 0.05) is 23.8 Å². The minimum absolute atomic E-state index is 0.00997. The number of carbonyl (C=O) groups excluding carboxylic acids is 1. The normalized spacial score (nSPS) is 14.0. The van der Waals surface area contributed by atoms with Crippen LogP contribution < -0.4 is 10.6 Å². The Bertz CT molecular complexity index is 1580. The van der Waals surface area contributed by atoms with Crippen LogP contribution in [0, 0.1) is 0 Å². The average molecular weight is 626 g/mol. The third kappa shape index (κ3) is 7.96. The number of carboxylic acids is 1. The molecule has 0 bridgehead atoms. The topological polar surface area (TPSA) is 147 Å². The van der Waals surface area contributed by atoms with Crippen LogP contribution in [0.3, 0.4) is 0 Å². The lowest BCUT2D eigenvalue weighted by molar-refractivity contribution is -0.139. The summed E-state index contributed by atoms with van der Waals surface area (Å²) in [4.78, 5) is 24.9. The molecule has 9 nitrogen and oxygen atoms in total. The monoisotopic (exact) mass is 625 g/mol. The molecule has 0 spiro atoms. The van der Waals surface area contributed by atoms with Gasteiger partial charge >= 0.3 is 5.97 Å². The van der Waals surface area contributed by atoms with E-state index in [2.05, 4.69) is 5.32 Å². The molecule has 0 aliphatic carbocycles. The highest BCUT2D eigenvalue weighted by molar-refractivity contribution is 7.90. The first-order valence-corrected chi connectivity index (χ1v) is 16.1. The van der Waals surface area contributed by atoms with Crippen molar-refractivity contribution < 1.29 is 37.3 Å². The van der Waals surface area contributed by atoms with Crippen molar-refractivity contribution in [2.45, 2.75) is 24.3 Å². The third-order valence-electron chi connectivity index (χ3n) is 5.66. The van der Waals surface area contributed by atoms with E-state index in [0.717, 1.165) is 6.26 Å². The van der Waals surface area contributed by atoms with Gasteiger partial charge < -0.3 is 20.1 Å². The fourth-order valence-corrected chi connectivity index (χ4v) is 6.81. The standard InChI is InChI=1S/C27H26Cl2NO8PS/c1-3-38-39(35,20-9-7-19(31)8-10-20)12-11-18-14-22(28)25(23(29)15-18)26(32)30-24(27(33)34)16-17-5-4-6-21(13-17)40(2,36)37/h4-15,24,31H,3,16H2,1-2H3,(H,30,32)(H,33,34)/b12-11+/t24-,39?/m0/s1. The number of amides is 1. The zero-order valence-corrected chi connectivity index (χ0v) is 24.6. The van der Waals surface area contributed by atoms with E-state index in [4.69, 9.17) is 27.7 Å². The van der Waals surface area contributed by atoms with E-state index in [1.165, 1.54) is 66.5 Å². The summed E-state index contributed by atoms with van der Waals surface area (Å²) in [6.45, 7) is 1.85. The molecular formula is C27H26Cl2NO8PS. The van der Waals surface area contributed by atoms with Crippen LogP contribution in [0.25, 0.3) is 6.08 Å². The van der Waals surface area contributed by atoms with Gasteiger partial charge in [-0.2, -0.15) is 0 Å². The summed E-state index contributed by atoms with van der Waals surface area (Å²) in [6.07, 6.45) is 2.32. The van der Waals surface area contributed by atoms with Crippen molar-refractivity contribution in [3.05, 3.63) is 93.2 Å². The molecule has 0 aromatic heterocycles. The number of phenolic OH excluding ortho intramolecular Hbond substituents is 1. The van der Waals surface area contributed by atoms with Crippen LogP contribution in [-0.4, -0.2) is 49.4 Å². The number of sulfone groups is 1. The molecule has 2 atom stereocenters. The first-order chi connectivity index (χ1) is 18.7. The molecule has 0 aliphatic rings. The lowest BCUT2D eigenvalue weighted by Gasteiger charge is -2.17. The first-order valence-electron chi connectivity index (χ1n) is 11.8. The number of rotatable bonds is 11. The summed E-state index contributed by atoms with van der Waals surface area (Å²) in [5.41, 5.74) is 0.626. The molecular weight excluding hydrogens is 600 g/mol. The largest absolute Gasteiger partial charge is 0.508 e. The highest BCUT2D eigenvalue weighted by Crippen LogP contribution is 2.48. The lowest BCUT2D eigenvalue weighted by atomic mass is 10.0. The highest BCUT2D eigenvalue weighted by Gasteiger charge is 2.25. The smallest absolute Gasteiger partial charge is 0.326 e. The molecule has 3 rings (SSSR count). The second-order valence-electron chi connectivity index (χ2n) is 8.69.